The molecule has 0 saturated heterocycles. The molecular weight excluding hydrogens is 232 g/mol. The quantitative estimate of drug-likeness (QED) is 0.851. The zero-order chi connectivity index (χ0) is 13.1. The predicted molar refractivity (Wildman–Crippen MR) is 65.8 cm³/mol. The molecule has 1 unspecified atom stereocenters. The minimum absolute atomic E-state index is 0.121. The highest BCUT2D eigenvalue weighted by molar-refractivity contribution is 5.76. The van der Waals surface area contributed by atoms with Crippen LogP contribution in [0.5, 0.6) is 0 Å². The van der Waals surface area contributed by atoms with E-state index in [1.165, 1.54) is 12.8 Å². The molecule has 2 rings (SSSR count). The number of nitrogens with two attached hydrogens (primary N) is 1. The van der Waals surface area contributed by atoms with Crippen molar-refractivity contribution in [3.63, 3.8) is 0 Å². The lowest BCUT2D eigenvalue weighted by Gasteiger charge is -2.17. The van der Waals surface area contributed by atoms with Crippen molar-refractivity contribution in [1.29, 1.82) is 0 Å². The Morgan fingerprint density at radius 3 is 2.78 bits per heavy atom. The molecule has 0 bridgehead atoms. The fourth-order valence-corrected chi connectivity index (χ4v) is 2.58. The third kappa shape index (κ3) is 2.53. The second kappa shape index (κ2) is 5.48. The van der Waals surface area contributed by atoms with E-state index in [1.807, 2.05) is 11.6 Å². The second-order valence-corrected chi connectivity index (χ2v) is 4.83. The molecule has 1 fully saturated rings. The van der Waals surface area contributed by atoms with Gasteiger partial charge >= 0.3 is 0 Å². The SMILES string of the molecule is COC(C)c1c(CC(N)=O)nnn1C1CCCC1. The first kappa shape index (κ1) is 13.0. The van der Waals surface area contributed by atoms with E-state index in [-0.39, 0.29) is 12.5 Å². The van der Waals surface area contributed by atoms with E-state index < -0.39 is 5.91 Å². The van der Waals surface area contributed by atoms with Crippen molar-refractivity contribution in [3.8, 4) is 0 Å². The number of hydrogen-bond acceptors (Lipinski definition) is 4. The van der Waals surface area contributed by atoms with E-state index in [2.05, 4.69) is 10.3 Å². The molecule has 1 aromatic heterocycles. The lowest BCUT2D eigenvalue weighted by atomic mass is 10.1. The van der Waals surface area contributed by atoms with Crippen molar-refractivity contribution >= 4 is 5.91 Å². The highest BCUT2D eigenvalue weighted by Crippen LogP contribution is 2.32. The molecule has 1 aliphatic rings. The van der Waals surface area contributed by atoms with Crippen LogP contribution in [0.3, 0.4) is 0 Å². The van der Waals surface area contributed by atoms with Crippen molar-refractivity contribution in [2.24, 2.45) is 5.73 Å². The summed E-state index contributed by atoms with van der Waals surface area (Å²) >= 11 is 0. The fourth-order valence-electron chi connectivity index (χ4n) is 2.58. The largest absolute Gasteiger partial charge is 0.375 e. The number of amides is 1. The number of primary amides is 1. The highest BCUT2D eigenvalue weighted by Gasteiger charge is 2.26. The van der Waals surface area contributed by atoms with E-state index in [0.29, 0.717) is 11.7 Å². The van der Waals surface area contributed by atoms with Gasteiger partial charge in [0.1, 0.15) is 0 Å². The van der Waals surface area contributed by atoms with E-state index in [0.717, 1.165) is 18.5 Å². The van der Waals surface area contributed by atoms with Gasteiger partial charge in [-0.2, -0.15) is 0 Å². The Balaban J connectivity index is 2.33. The van der Waals surface area contributed by atoms with E-state index >= 15 is 0 Å². The topological polar surface area (TPSA) is 83.0 Å². The Hall–Kier alpha value is -1.43. The normalized spacial score (nSPS) is 18.1. The van der Waals surface area contributed by atoms with E-state index in [4.69, 9.17) is 10.5 Å². The zero-order valence-electron chi connectivity index (χ0n) is 10.9. The fraction of sp³-hybridized carbons (Fsp3) is 0.750. The first-order valence-corrected chi connectivity index (χ1v) is 6.38. The number of nitrogens with zero attached hydrogens (tertiary/aromatic N) is 3. The van der Waals surface area contributed by atoms with Crippen LogP contribution >= 0.6 is 0 Å². The lowest BCUT2D eigenvalue weighted by Crippen LogP contribution is -2.18. The van der Waals surface area contributed by atoms with Gasteiger partial charge in [-0.05, 0) is 19.8 Å². The van der Waals surface area contributed by atoms with E-state index in [9.17, 15) is 4.79 Å². The van der Waals surface area contributed by atoms with Crippen LogP contribution < -0.4 is 5.73 Å². The number of hydrogen-bond donors (Lipinski definition) is 1. The Labute approximate surface area is 106 Å². The highest BCUT2D eigenvalue weighted by atomic mass is 16.5. The van der Waals surface area contributed by atoms with Crippen LogP contribution in [0.1, 0.15) is 56.1 Å². The summed E-state index contributed by atoms with van der Waals surface area (Å²) < 4.78 is 7.29. The van der Waals surface area contributed by atoms with Gasteiger partial charge < -0.3 is 10.5 Å². The Morgan fingerprint density at radius 1 is 1.56 bits per heavy atom. The van der Waals surface area contributed by atoms with Crippen LogP contribution in [-0.4, -0.2) is 28.0 Å². The van der Waals surface area contributed by atoms with Crippen LogP contribution in [0, 0.1) is 0 Å². The maximum atomic E-state index is 11.1. The number of ether oxygens (including phenoxy) is 1. The van der Waals surface area contributed by atoms with Crippen LogP contribution in [-0.2, 0) is 16.0 Å². The molecular formula is C12H20N4O2. The zero-order valence-corrected chi connectivity index (χ0v) is 10.9. The molecule has 0 aliphatic heterocycles. The summed E-state index contributed by atoms with van der Waals surface area (Å²) in [5, 5.41) is 8.30. The summed E-state index contributed by atoms with van der Waals surface area (Å²) in [7, 11) is 1.64. The van der Waals surface area contributed by atoms with Gasteiger partial charge in [0.15, 0.2) is 0 Å². The smallest absolute Gasteiger partial charge is 0.223 e. The maximum absolute atomic E-state index is 11.1. The van der Waals surface area contributed by atoms with Gasteiger partial charge in [-0.3, -0.25) is 4.79 Å². The summed E-state index contributed by atoms with van der Waals surface area (Å²) in [5.74, 6) is -0.391. The molecule has 1 aromatic rings. The van der Waals surface area contributed by atoms with Crippen molar-refractivity contribution in [3.05, 3.63) is 11.4 Å². The van der Waals surface area contributed by atoms with Gasteiger partial charge in [-0.1, -0.05) is 18.1 Å². The van der Waals surface area contributed by atoms with Crippen LogP contribution in [0.15, 0.2) is 0 Å². The monoisotopic (exact) mass is 252 g/mol. The minimum Gasteiger partial charge on any atom is -0.375 e. The van der Waals surface area contributed by atoms with E-state index in [1.54, 1.807) is 7.11 Å². The lowest BCUT2D eigenvalue weighted by molar-refractivity contribution is -0.117. The molecule has 6 nitrogen and oxygen atoms in total. The molecule has 1 atom stereocenters. The minimum atomic E-state index is -0.391. The molecule has 1 aliphatic carbocycles. The van der Waals surface area contributed by atoms with Gasteiger partial charge in [0.2, 0.25) is 5.91 Å². The molecule has 0 radical (unpaired) electrons. The van der Waals surface area contributed by atoms with Gasteiger partial charge in [0.25, 0.3) is 0 Å². The molecule has 1 heterocycles. The van der Waals surface area contributed by atoms with Crippen LogP contribution in [0.25, 0.3) is 0 Å². The first-order chi connectivity index (χ1) is 8.63. The maximum Gasteiger partial charge on any atom is 0.223 e. The summed E-state index contributed by atoms with van der Waals surface area (Å²) in [6.45, 7) is 1.94. The van der Waals surface area contributed by atoms with Crippen molar-refractivity contribution < 1.29 is 9.53 Å². The molecule has 0 aromatic carbocycles. The summed E-state index contributed by atoms with van der Waals surface area (Å²) in [6.07, 6.45) is 4.66. The number of carbonyl (C=O) groups is 1. The van der Waals surface area contributed by atoms with Gasteiger partial charge in [-0.25, -0.2) is 4.68 Å². The van der Waals surface area contributed by atoms with Gasteiger partial charge in [0, 0.05) is 7.11 Å². The summed E-state index contributed by atoms with van der Waals surface area (Å²) in [4.78, 5) is 11.1. The molecule has 0 spiro atoms. The molecule has 1 saturated carbocycles. The Morgan fingerprint density at radius 2 is 2.22 bits per heavy atom. The molecule has 6 heteroatoms. The molecule has 1 amide bonds. The summed E-state index contributed by atoms with van der Waals surface area (Å²) in [5.41, 5.74) is 6.78. The van der Waals surface area contributed by atoms with Crippen LogP contribution in [0.2, 0.25) is 0 Å². The third-order valence-corrected chi connectivity index (χ3v) is 3.56. The van der Waals surface area contributed by atoms with Gasteiger partial charge in [-0.15, -0.1) is 5.10 Å². The van der Waals surface area contributed by atoms with Crippen molar-refractivity contribution in [1.82, 2.24) is 15.0 Å². The third-order valence-electron chi connectivity index (χ3n) is 3.56. The van der Waals surface area contributed by atoms with Crippen molar-refractivity contribution in [2.75, 3.05) is 7.11 Å². The predicted octanol–water partition coefficient (Wildman–Crippen LogP) is 1.13. The Kier molecular flexibility index (Phi) is 3.96. The standard InChI is InChI=1S/C12H20N4O2/c1-8(18-2)12-10(7-11(13)17)14-15-16(12)9-5-3-4-6-9/h8-9H,3-7H2,1-2H3,(H2,13,17). The summed E-state index contributed by atoms with van der Waals surface area (Å²) in [6, 6.07) is 0.381. The number of carbonyl (C=O) groups excluding carboxylic acids is 1. The Bertz CT molecular complexity index is 424. The average molecular weight is 252 g/mol. The number of methoxy groups -OCH3 is 1. The molecule has 2 N–H and O–H groups in total. The average Bonchev–Trinajstić information content (AvgIpc) is 2.95. The van der Waals surface area contributed by atoms with Gasteiger partial charge in [0.05, 0.1) is 30.0 Å². The van der Waals surface area contributed by atoms with Crippen molar-refractivity contribution in [2.45, 2.75) is 51.2 Å². The number of rotatable bonds is 5. The van der Waals surface area contributed by atoms with Crippen LogP contribution in [0.4, 0.5) is 0 Å². The molecule has 18 heavy (non-hydrogen) atoms. The first-order valence-electron chi connectivity index (χ1n) is 6.38. The molecule has 100 valence electrons. The number of aromatic nitrogens is 3. The second-order valence-electron chi connectivity index (χ2n) is 4.83.